The number of hydrogen-bond acceptors (Lipinski definition) is 5. The summed E-state index contributed by atoms with van der Waals surface area (Å²) in [6, 6.07) is 13.4. The van der Waals surface area contributed by atoms with Gasteiger partial charge >= 0.3 is 0 Å². The van der Waals surface area contributed by atoms with E-state index in [4.69, 9.17) is 0 Å². The molecule has 0 saturated carbocycles. The number of allylic oxidation sites excluding steroid dienone is 1. The molecule has 2 aromatic heterocycles. The molecule has 5 nitrogen and oxygen atoms in total. The molecule has 164 valence electrons. The quantitative estimate of drug-likeness (QED) is 0.431. The van der Waals surface area contributed by atoms with Crippen LogP contribution in [0.15, 0.2) is 92.6 Å². The van der Waals surface area contributed by atoms with Gasteiger partial charge in [0, 0.05) is 41.1 Å². The first-order valence-electron chi connectivity index (χ1n) is 9.60. The molecule has 32 heavy (non-hydrogen) atoms. The third kappa shape index (κ3) is 5.75. The summed E-state index contributed by atoms with van der Waals surface area (Å²) in [5.74, 6) is -0.362. The maximum Gasteiger partial charge on any atom is 0.279 e. The van der Waals surface area contributed by atoms with Crippen LogP contribution in [-0.2, 0) is 6.54 Å². The Morgan fingerprint density at radius 3 is 2.34 bits per heavy atom. The average molecular weight is 437 g/mol. The highest BCUT2D eigenvalue weighted by Gasteiger charge is 2.15. The third-order valence-electron chi connectivity index (χ3n) is 4.59. The molecule has 0 aliphatic carbocycles. The van der Waals surface area contributed by atoms with Gasteiger partial charge in [0.05, 0.1) is 23.6 Å². The monoisotopic (exact) mass is 437 g/mol. The van der Waals surface area contributed by atoms with Gasteiger partial charge in [0.1, 0.15) is 5.82 Å². The van der Waals surface area contributed by atoms with Gasteiger partial charge in [-0.3, -0.25) is 15.4 Å². The predicted octanol–water partition coefficient (Wildman–Crippen LogP) is 5.14. The molecule has 0 fully saturated rings. The van der Waals surface area contributed by atoms with Crippen LogP contribution in [0.1, 0.15) is 16.8 Å². The van der Waals surface area contributed by atoms with Crippen molar-refractivity contribution in [3.8, 4) is 0 Å². The number of hydrogen-bond donors (Lipinski definition) is 2. The molecule has 3 aromatic rings. The van der Waals surface area contributed by atoms with Crippen molar-refractivity contribution in [2.24, 2.45) is 0 Å². The number of aromatic nitrogens is 2. The second kappa shape index (κ2) is 10.3. The molecule has 0 unspecified atom stereocenters. The van der Waals surface area contributed by atoms with Gasteiger partial charge in [0.15, 0.2) is 0 Å². The number of halogens is 3. The van der Waals surface area contributed by atoms with Crippen LogP contribution >= 0.6 is 0 Å². The first-order valence-corrected chi connectivity index (χ1v) is 9.60. The zero-order chi connectivity index (χ0) is 23.1. The van der Waals surface area contributed by atoms with E-state index in [1.54, 1.807) is 42.9 Å². The molecule has 0 aliphatic rings. The van der Waals surface area contributed by atoms with E-state index >= 15 is 0 Å². The summed E-state index contributed by atoms with van der Waals surface area (Å²) in [6.07, 6.45) is 2.19. The zero-order valence-electron chi connectivity index (χ0n) is 17.2. The number of nitrogens with one attached hydrogen (secondary N) is 2. The lowest BCUT2D eigenvalue weighted by molar-refractivity contribution is 0.179. The molecule has 1 aromatic carbocycles. The second-order valence-corrected chi connectivity index (χ2v) is 6.84. The van der Waals surface area contributed by atoms with Crippen molar-refractivity contribution in [1.82, 2.24) is 20.8 Å². The Hall–Kier alpha value is -4.07. The van der Waals surface area contributed by atoms with Crippen LogP contribution in [0.3, 0.4) is 0 Å². The number of rotatable bonds is 10. The van der Waals surface area contributed by atoms with Crippen LogP contribution in [-0.4, -0.2) is 16.4 Å². The minimum absolute atomic E-state index is 0.325. The Morgan fingerprint density at radius 2 is 1.72 bits per heavy atom. The SMILES string of the molecule is C=C(NNC(=C)C(F)F)c1ccc(CN(C(=C)c2ccncc2)c2cccc(F)c2)nc1. The van der Waals surface area contributed by atoms with Crippen molar-refractivity contribution >= 4 is 17.1 Å². The van der Waals surface area contributed by atoms with Crippen LogP contribution in [0.4, 0.5) is 18.9 Å². The molecule has 2 heterocycles. The van der Waals surface area contributed by atoms with E-state index in [0.717, 1.165) is 5.56 Å². The minimum Gasteiger partial charge on any atom is -0.335 e. The van der Waals surface area contributed by atoms with Crippen molar-refractivity contribution in [2.75, 3.05) is 4.90 Å². The summed E-state index contributed by atoms with van der Waals surface area (Å²) < 4.78 is 38.9. The number of nitrogens with zero attached hydrogens (tertiary/aromatic N) is 3. The highest BCUT2D eigenvalue weighted by Crippen LogP contribution is 2.27. The Kier molecular flexibility index (Phi) is 7.28. The summed E-state index contributed by atoms with van der Waals surface area (Å²) in [5, 5.41) is 0. The summed E-state index contributed by atoms with van der Waals surface area (Å²) in [7, 11) is 0. The minimum atomic E-state index is -2.70. The van der Waals surface area contributed by atoms with Gasteiger partial charge in [-0.05, 0) is 42.5 Å². The number of pyridine rings is 2. The van der Waals surface area contributed by atoms with Crippen LogP contribution in [0.25, 0.3) is 11.4 Å². The average Bonchev–Trinajstić information content (AvgIpc) is 2.81. The van der Waals surface area contributed by atoms with Gasteiger partial charge in [0.25, 0.3) is 6.43 Å². The normalized spacial score (nSPS) is 10.5. The molecular formula is C24H22F3N5. The summed E-state index contributed by atoms with van der Waals surface area (Å²) in [5.41, 5.74) is 8.18. The Morgan fingerprint density at radius 1 is 0.969 bits per heavy atom. The van der Waals surface area contributed by atoms with Crippen molar-refractivity contribution in [1.29, 1.82) is 0 Å². The fraction of sp³-hybridized carbons (Fsp3) is 0.0833. The van der Waals surface area contributed by atoms with Crippen molar-refractivity contribution in [2.45, 2.75) is 13.0 Å². The second-order valence-electron chi connectivity index (χ2n) is 6.84. The first-order chi connectivity index (χ1) is 15.3. The Bertz CT molecular complexity index is 1100. The lowest BCUT2D eigenvalue weighted by Crippen LogP contribution is -2.31. The van der Waals surface area contributed by atoms with Gasteiger partial charge in [-0.25, -0.2) is 13.2 Å². The van der Waals surface area contributed by atoms with Crippen LogP contribution < -0.4 is 15.8 Å². The summed E-state index contributed by atoms with van der Waals surface area (Å²) in [6.45, 7) is 11.5. The molecule has 0 bridgehead atoms. The summed E-state index contributed by atoms with van der Waals surface area (Å²) >= 11 is 0. The first kappa shape index (κ1) is 22.6. The third-order valence-corrected chi connectivity index (χ3v) is 4.59. The number of benzene rings is 1. The highest BCUT2D eigenvalue weighted by atomic mass is 19.3. The van der Waals surface area contributed by atoms with Crippen molar-refractivity contribution in [3.63, 3.8) is 0 Å². The van der Waals surface area contributed by atoms with E-state index in [1.165, 1.54) is 12.1 Å². The Labute approximate surface area is 184 Å². The van der Waals surface area contributed by atoms with Crippen LogP contribution in [0, 0.1) is 5.82 Å². The lowest BCUT2D eigenvalue weighted by Gasteiger charge is -2.27. The fourth-order valence-corrected chi connectivity index (χ4v) is 2.83. The van der Waals surface area contributed by atoms with Gasteiger partial charge in [-0.2, -0.15) is 0 Å². The van der Waals surface area contributed by atoms with Gasteiger partial charge in [0.2, 0.25) is 0 Å². The van der Waals surface area contributed by atoms with E-state index in [9.17, 15) is 13.2 Å². The summed E-state index contributed by atoms with van der Waals surface area (Å²) in [4.78, 5) is 10.3. The molecule has 3 rings (SSSR count). The van der Waals surface area contributed by atoms with E-state index in [0.29, 0.717) is 34.9 Å². The van der Waals surface area contributed by atoms with Gasteiger partial charge < -0.3 is 10.3 Å². The predicted molar refractivity (Wildman–Crippen MR) is 121 cm³/mol. The molecule has 0 spiro atoms. The highest BCUT2D eigenvalue weighted by molar-refractivity contribution is 5.77. The molecule has 0 saturated heterocycles. The Balaban J connectivity index is 1.78. The van der Waals surface area contributed by atoms with E-state index in [-0.39, 0.29) is 5.82 Å². The lowest BCUT2D eigenvalue weighted by atomic mass is 10.1. The number of anilines is 1. The van der Waals surface area contributed by atoms with E-state index < -0.39 is 12.1 Å². The van der Waals surface area contributed by atoms with Gasteiger partial charge in [-0.15, -0.1) is 0 Å². The fourth-order valence-electron chi connectivity index (χ4n) is 2.83. The van der Waals surface area contributed by atoms with Gasteiger partial charge in [-0.1, -0.05) is 25.8 Å². The zero-order valence-corrected chi connectivity index (χ0v) is 17.2. The van der Waals surface area contributed by atoms with Crippen LogP contribution in [0.5, 0.6) is 0 Å². The molecule has 0 amide bonds. The molecular weight excluding hydrogens is 415 g/mol. The molecule has 0 atom stereocenters. The molecule has 0 aliphatic heterocycles. The maximum atomic E-state index is 13.9. The van der Waals surface area contributed by atoms with Crippen molar-refractivity contribution < 1.29 is 13.2 Å². The number of hydrazine groups is 1. The standard InChI is InChI=1S/C24H22F3N5/c1-16(30-31-17(2)24(26)27)20-7-8-22(29-14-20)15-32(23-6-4-5-21(25)13-23)18(3)19-9-11-28-12-10-19/h4-14,24,30-31H,1-3,15H2. The number of alkyl halides is 2. The maximum absolute atomic E-state index is 13.9. The van der Waals surface area contributed by atoms with E-state index in [2.05, 4.69) is 40.6 Å². The van der Waals surface area contributed by atoms with Crippen molar-refractivity contribution in [3.05, 3.63) is 115 Å². The topological polar surface area (TPSA) is 53.1 Å². The van der Waals surface area contributed by atoms with Crippen LogP contribution in [0.2, 0.25) is 0 Å². The smallest absolute Gasteiger partial charge is 0.279 e. The largest absolute Gasteiger partial charge is 0.335 e. The molecule has 8 heteroatoms. The molecule has 0 radical (unpaired) electrons. The van der Waals surface area contributed by atoms with E-state index in [1.807, 2.05) is 17.0 Å². The molecule has 2 N–H and O–H groups in total.